The van der Waals surface area contributed by atoms with Crippen LogP contribution in [0.3, 0.4) is 0 Å². The van der Waals surface area contributed by atoms with E-state index in [9.17, 15) is 8.42 Å². The van der Waals surface area contributed by atoms with Crippen LogP contribution in [-0.2, 0) is 9.84 Å². The minimum absolute atomic E-state index is 0.0851. The van der Waals surface area contributed by atoms with Gasteiger partial charge in [0, 0.05) is 39.3 Å². The van der Waals surface area contributed by atoms with E-state index in [-0.39, 0.29) is 5.75 Å². The molecule has 104 valence electrons. The van der Waals surface area contributed by atoms with Crippen molar-refractivity contribution < 1.29 is 8.42 Å². The number of imidazole rings is 1. The fraction of sp³-hybridized carbons (Fsp3) is 0.455. The molecule has 0 saturated heterocycles. The molecule has 0 bridgehead atoms. The molecule has 0 aromatic carbocycles. The SMILES string of the molecule is CNc1cn2ccnc2c(N(C)CCS(C)(=O)=O)n1. The van der Waals surface area contributed by atoms with Gasteiger partial charge in [-0.1, -0.05) is 0 Å². The van der Waals surface area contributed by atoms with Crippen LogP contribution in [0.25, 0.3) is 5.65 Å². The third-order valence-electron chi connectivity index (χ3n) is 2.77. The lowest BCUT2D eigenvalue weighted by Crippen LogP contribution is -2.26. The van der Waals surface area contributed by atoms with Crippen LogP contribution in [0.2, 0.25) is 0 Å². The molecule has 2 aromatic rings. The van der Waals surface area contributed by atoms with Gasteiger partial charge in [0.2, 0.25) is 0 Å². The number of sulfone groups is 1. The van der Waals surface area contributed by atoms with Gasteiger partial charge >= 0.3 is 0 Å². The molecule has 0 aliphatic rings. The van der Waals surface area contributed by atoms with E-state index in [1.165, 1.54) is 6.26 Å². The predicted octanol–water partition coefficient (Wildman–Crippen LogP) is 0.252. The second-order valence-electron chi connectivity index (χ2n) is 4.41. The first kappa shape index (κ1) is 13.6. The molecular weight excluding hydrogens is 266 g/mol. The number of aromatic nitrogens is 3. The second-order valence-corrected chi connectivity index (χ2v) is 6.67. The van der Waals surface area contributed by atoms with E-state index < -0.39 is 9.84 Å². The number of anilines is 2. The normalized spacial score (nSPS) is 11.7. The number of nitrogens with zero attached hydrogens (tertiary/aromatic N) is 4. The van der Waals surface area contributed by atoms with Crippen LogP contribution in [0.15, 0.2) is 18.6 Å². The van der Waals surface area contributed by atoms with Crippen molar-refractivity contribution >= 4 is 27.1 Å². The average molecular weight is 283 g/mol. The molecule has 0 fully saturated rings. The van der Waals surface area contributed by atoms with Crippen molar-refractivity contribution in [1.82, 2.24) is 14.4 Å². The maximum atomic E-state index is 11.2. The average Bonchev–Trinajstić information content (AvgIpc) is 2.81. The number of rotatable bonds is 5. The Labute approximate surface area is 112 Å². The number of hydrogen-bond acceptors (Lipinski definition) is 6. The molecule has 0 atom stereocenters. The summed E-state index contributed by atoms with van der Waals surface area (Å²) >= 11 is 0. The molecule has 2 rings (SSSR count). The maximum Gasteiger partial charge on any atom is 0.180 e. The van der Waals surface area contributed by atoms with E-state index in [0.29, 0.717) is 23.8 Å². The highest BCUT2D eigenvalue weighted by Crippen LogP contribution is 2.19. The first-order valence-corrected chi connectivity index (χ1v) is 7.87. The van der Waals surface area contributed by atoms with Gasteiger partial charge in [0.25, 0.3) is 0 Å². The summed E-state index contributed by atoms with van der Waals surface area (Å²) in [4.78, 5) is 10.5. The van der Waals surface area contributed by atoms with Crippen molar-refractivity contribution in [2.75, 3.05) is 42.9 Å². The summed E-state index contributed by atoms with van der Waals surface area (Å²) in [5, 5.41) is 2.97. The van der Waals surface area contributed by atoms with E-state index in [0.717, 1.165) is 0 Å². The van der Waals surface area contributed by atoms with Crippen molar-refractivity contribution in [3.8, 4) is 0 Å². The Morgan fingerprint density at radius 2 is 2.21 bits per heavy atom. The Morgan fingerprint density at radius 1 is 1.47 bits per heavy atom. The van der Waals surface area contributed by atoms with Crippen LogP contribution in [0, 0.1) is 0 Å². The fourth-order valence-electron chi connectivity index (χ4n) is 1.70. The molecular formula is C11H17N5O2S. The Bertz CT molecular complexity index is 679. The summed E-state index contributed by atoms with van der Waals surface area (Å²) in [6.07, 6.45) is 6.57. The number of nitrogens with one attached hydrogen (secondary N) is 1. The van der Waals surface area contributed by atoms with Crippen LogP contribution in [0.1, 0.15) is 0 Å². The quantitative estimate of drug-likeness (QED) is 0.847. The summed E-state index contributed by atoms with van der Waals surface area (Å²) in [6.45, 7) is 0.377. The smallest absolute Gasteiger partial charge is 0.180 e. The Kier molecular flexibility index (Phi) is 3.61. The van der Waals surface area contributed by atoms with E-state index in [2.05, 4.69) is 15.3 Å². The zero-order valence-corrected chi connectivity index (χ0v) is 12.0. The highest BCUT2D eigenvalue weighted by molar-refractivity contribution is 7.90. The highest BCUT2D eigenvalue weighted by Gasteiger charge is 2.13. The Balaban J connectivity index is 2.34. The van der Waals surface area contributed by atoms with Gasteiger partial charge in [-0.2, -0.15) is 0 Å². The molecule has 8 heteroatoms. The van der Waals surface area contributed by atoms with Gasteiger partial charge in [-0.15, -0.1) is 0 Å². The Morgan fingerprint density at radius 3 is 2.84 bits per heavy atom. The lowest BCUT2D eigenvalue weighted by atomic mass is 10.5. The van der Waals surface area contributed by atoms with Crippen LogP contribution < -0.4 is 10.2 Å². The molecule has 2 aromatic heterocycles. The minimum Gasteiger partial charge on any atom is -0.372 e. The minimum atomic E-state index is -3.00. The summed E-state index contributed by atoms with van der Waals surface area (Å²) in [5.41, 5.74) is 0.704. The molecule has 0 aliphatic heterocycles. The molecule has 2 heterocycles. The molecule has 0 spiro atoms. The first-order valence-electron chi connectivity index (χ1n) is 5.81. The molecule has 0 aliphatic carbocycles. The van der Waals surface area contributed by atoms with Gasteiger partial charge in [-0.05, 0) is 0 Å². The van der Waals surface area contributed by atoms with Gasteiger partial charge in [0.05, 0.1) is 11.9 Å². The topological polar surface area (TPSA) is 79.6 Å². The summed E-state index contributed by atoms with van der Waals surface area (Å²) < 4.78 is 24.3. The first-order chi connectivity index (χ1) is 8.90. The van der Waals surface area contributed by atoms with Gasteiger partial charge < -0.3 is 14.6 Å². The third kappa shape index (κ3) is 3.14. The van der Waals surface area contributed by atoms with Crippen LogP contribution in [-0.4, -0.2) is 55.4 Å². The van der Waals surface area contributed by atoms with Gasteiger partial charge in [0.15, 0.2) is 11.5 Å². The van der Waals surface area contributed by atoms with Gasteiger partial charge in [0.1, 0.15) is 15.7 Å². The molecule has 0 radical (unpaired) electrons. The number of fused-ring (bicyclic) bond motifs is 1. The van der Waals surface area contributed by atoms with Crippen molar-refractivity contribution in [3.63, 3.8) is 0 Å². The highest BCUT2D eigenvalue weighted by atomic mass is 32.2. The lowest BCUT2D eigenvalue weighted by Gasteiger charge is -2.19. The van der Waals surface area contributed by atoms with Crippen molar-refractivity contribution in [1.29, 1.82) is 0 Å². The van der Waals surface area contributed by atoms with E-state index >= 15 is 0 Å². The third-order valence-corrected chi connectivity index (χ3v) is 3.70. The van der Waals surface area contributed by atoms with Crippen LogP contribution >= 0.6 is 0 Å². The molecule has 19 heavy (non-hydrogen) atoms. The van der Waals surface area contributed by atoms with Crippen molar-refractivity contribution in [2.45, 2.75) is 0 Å². The summed E-state index contributed by atoms with van der Waals surface area (Å²) in [7, 11) is 0.595. The van der Waals surface area contributed by atoms with Crippen molar-refractivity contribution in [2.24, 2.45) is 0 Å². The standard InChI is InChI=1S/C11H17N5O2S/c1-12-9-8-16-5-4-13-10(16)11(14-9)15(2)6-7-19(3,17)18/h4-5,8,12H,6-7H2,1-3H3. The monoisotopic (exact) mass is 283 g/mol. The zero-order chi connectivity index (χ0) is 14.0. The van der Waals surface area contributed by atoms with E-state index in [4.69, 9.17) is 0 Å². The molecule has 7 nitrogen and oxygen atoms in total. The summed E-state index contributed by atoms with van der Waals surface area (Å²) in [5.74, 6) is 1.44. The lowest BCUT2D eigenvalue weighted by molar-refractivity contribution is 0.601. The Hall–Kier alpha value is -1.83. The molecule has 0 amide bonds. The predicted molar refractivity (Wildman–Crippen MR) is 75.5 cm³/mol. The largest absolute Gasteiger partial charge is 0.372 e. The fourth-order valence-corrected chi connectivity index (χ4v) is 2.31. The molecule has 0 unspecified atom stereocenters. The number of hydrogen-bond donors (Lipinski definition) is 1. The van der Waals surface area contributed by atoms with Crippen LogP contribution in [0.4, 0.5) is 11.6 Å². The molecule has 1 N–H and O–H groups in total. The second kappa shape index (κ2) is 5.04. The van der Waals surface area contributed by atoms with Crippen LogP contribution in [0.5, 0.6) is 0 Å². The summed E-state index contributed by atoms with van der Waals surface area (Å²) in [6, 6.07) is 0. The maximum absolute atomic E-state index is 11.2. The van der Waals surface area contributed by atoms with Crippen molar-refractivity contribution in [3.05, 3.63) is 18.6 Å². The van der Waals surface area contributed by atoms with Gasteiger partial charge in [-0.3, -0.25) is 0 Å². The van der Waals surface area contributed by atoms with Gasteiger partial charge in [-0.25, -0.2) is 18.4 Å². The van der Waals surface area contributed by atoms with E-state index in [1.54, 1.807) is 18.1 Å². The zero-order valence-electron chi connectivity index (χ0n) is 11.2. The molecule has 0 saturated carbocycles. The van der Waals surface area contributed by atoms with E-state index in [1.807, 2.05) is 23.8 Å².